The fraction of sp³-hybridized carbons (Fsp3) is 0.810. The summed E-state index contributed by atoms with van der Waals surface area (Å²) in [5, 5.41) is -2.04. The molecule has 0 atom stereocenters. The van der Waals surface area contributed by atoms with E-state index in [9.17, 15) is 0 Å². The van der Waals surface area contributed by atoms with Gasteiger partial charge in [-0.25, -0.2) is 0 Å². The molecule has 0 unspecified atom stereocenters. The van der Waals surface area contributed by atoms with Gasteiger partial charge in [0.2, 0.25) is 0 Å². The summed E-state index contributed by atoms with van der Waals surface area (Å²) in [6, 6.07) is 0. The Labute approximate surface area is 221 Å². The van der Waals surface area contributed by atoms with E-state index in [1.807, 2.05) is 111 Å². The van der Waals surface area contributed by atoms with Gasteiger partial charge in [0.25, 0.3) is 5.08 Å². The maximum absolute atomic E-state index is 15.3. The molecule has 0 N–H and O–H groups in total. The van der Waals surface area contributed by atoms with Gasteiger partial charge in [0.15, 0.2) is 41.6 Å². The van der Waals surface area contributed by atoms with E-state index in [1.165, 1.54) is 0 Å². The lowest BCUT2D eigenvalue weighted by Gasteiger charge is -2.49. The lowest BCUT2D eigenvalue weighted by molar-refractivity contribution is 0.189. The van der Waals surface area contributed by atoms with Crippen LogP contribution in [0.5, 0.6) is 0 Å². The molecule has 0 aromatic carbocycles. The summed E-state index contributed by atoms with van der Waals surface area (Å²) < 4.78 is 63.2. The van der Waals surface area contributed by atoms with Crippen LogP contribution in [-0.4, -0.2) is 46.7 Å². The number of hydrogen-bond acceptors (Lipinski definition) is 7. The van der Waals surface area contributed by atoms with Crippen LogP contribution in [0.3, 0.4) is 0 Å². The lowest BCUT2D eigenvalue weighted by Crippen LogP contribution is -2.49. The molecule has 0 aromatic rings. The van der Waals surface area contributed by atoms with Gasteiger partial charge in [-0.2, -0.15) is 0 Å². The van der Waals surface area contributed by atoms with E-state index >= 15 is 9.13 Å². The van der Waals surface area contributed by atoms with Gasteiger partial charge in [-0.1, -0.05) is 18.2 Å². The molecule has 0 spiro atoms. The van der Waals surface area contributed by atoms with Gasteiger partial charge in [-0.05, 0) is 111 Å². The summed E-state index contributed by atoms with van der Waals surface area (Å²) in [6.45, 7) is 31.0. The van der Waals surface area contributed by atoms with E-state index in [0.29, 0.717) is 0 Å². The molecule has 0 saturated carbocycles. The normalized spacial score (nSPS) is 16.0. The first-order chi connectivity index (χ1) is 15.1. The van der Waals surface area contributed by atoms with Gasteiger partial charge in [-0.3, -0.25) is 9.13 Å². The third kappa shape index (κ3) is 12.5. The predicted molar refractivity (Wildman–Crippen MR) is 164 cm³/mol. The zero-order valence-corrected chi connectivity index (χ0v) is 31.9. The summed E-state index contributed by atoms with van der Waals surface area (Å²) in [5.41, 5.74) is 0. The quantitative estimate of drug-likeness (QED) is 0.109. The second-order valence-electron chi connectivity index (χ2n) is 13.6. The van der Waals surface area contributed by atoms with Crippen LogP contribution in [0, 0.1) is 0 Å². The maximum atomic E-state index is 15.3. The second kappa shape index (κ2) is 11.9. The molecule has 0 aliphatic rings. The van der Waals surface area contributed by atoms with Crippen LogP contribution in [0.25, 0.3) is 0 Å². The Morgan fingerprint density at radius 1 is 0.514 bits per heavy atom. The van der Waals surface area contributed by atoms with Crippen LogP contribution in [0.1, 0.15) is 6.92 Å². The highest BCUT2D eigenvalue weighted by Gasteiger charge is 2.69. The number of hydrogen-bond donors (Lipinski definition) is 0. The van der Waals surface area contributed by atoms with Crippen molar-refractivity contribution in [3.8, 4) is 0 Å². The molecular formula is C21H52O7P2Si5. The smallest absolute Gasteiger partial charge is 0.358 e. The summed E-state index contributed by atoms with van der Waals surface area (Å²) >= 11 is 0. The van der Waals surface area contributed by atoms with E-state index in [1.54, 1.807) is 18.2 Å². The molecule has 35 heavy (non-hydrogen) atoms. The maximum Gasteiger partial charge on any atom is 0.358 e. The topological polar surface area (TPSA) is 80.3 Å². The molecular weight excluding hydrogens is 567 g/mol. The van der Waals surface area contributed by atoms with Gasteiger partial charge in [0.1, 0.15) is 0 Å². The van der Waals surface area contributed by atoms with E-state index in [4.69, 9.17) is 21.3 Å². The van der Waals surface area contributed by atoms with Gasteiger partial charge < -0.3 is 21.3 Å². The molecule has 0 rings (SSSR count). The molecule has 0 aliphatic carbocycles. The first kappa shape index (κ1) is 35.8. The highest BCUT2D eigenvalue weighted by Crippen LogP contribution is 2.81. The Bertz CT molecular complexity index is 768. The van der Waals surface area contributed by atoms with Crippen molar-refractivity contribution in [2.24, 2.45) is 0 Å². The Kier molecular flexibility index (Phi) is 12.2. The molecule has 0 aliphatic heterocycles. The predicted octanol–water partition coefficient (Wildman–Crippen LogP) is 9.42. The van der Waals surface area contributed by atoms with Crippen LogP contribution < -0.4 is 0 Å². The highest BCUT2D eigenvalue weighted by atomic mass is 31.2. The molecule has 0 heterocycles. The first-order valence-electron chi connectivity index (χ1n) is 12.1. The van der Waals surface area contributed by atoms with Crippen molar-refractivity contribution >= 4 is 56.8 Å². The Morgan fingerprint density at radius 2 is 0.800 bits per heavy atom. The van der Waals surface area contributed by atoms with Crippen LogP contribution >= 0.6 is 15.2 Å². The minimum Gasteiger partial charge on any atom is -0.390 e. The SMILES string of the molecule is CC=CC=CC(O[Si](C)(C)C)(P(=O)(O[Si](C)(C)C)O[Si](C)(C)C)P(=O)(O[Si](C)(C)C)O[Si](C)(C)C. The van der Waals surface area contributed by atoms with Crippen LogP contribution in [0.4, 0.5) is 0 Å². The van der Waals surface area contributed by atoms with Crippen molar-refractivity contribution in [1.82, 2.24) is 0 Å². The van der Waals surface area contributed by atoms with E-state index in [0.717, 1.165) is 0 Å². The van der Waals surface area contributed by atoms with E-state index in [-0.39, 0.29) is 0 Å². The molecule has 208 valence electrons. The average molecular weight is 619 g/mol. The van der Waals surface area contributed by atoms with Gasteiger partial charge in [-0.15, -0.1) is 0 Å². The molecule has 0 bridgehead atoms. The molecule has 7 nitrogen and oxygen atoms in total. The molecule has 0 fully saturated rings. The summed E-state index contributed by atoms with van der Waals surface area (Å²) in [4.78, 5) is 0. The molecule has 0 amide bonds. The third-order valence-corrected chi connectivity index (χ3v) is 20.8. The molecule has 0 radical (unpaired) electrons. The standard InChI is InChI=1S/C21H52O7P2Si5/c1-17-18-19-20-21(24-31(2,3)4,29(22,25-32(5,6)7)26-33(8,9)10)30(23,27-34(11,12)13)28-35(14,15)16/h17-20H,1-16H3. The van der Waals surface area contributed by atoms with Crippen molar-refractivity contribution in [2.45, 2.75) is 110 Å². The second-order valence-corrected chi connectivity index (χ2v) is 41.5. The molecule has 0 saturated heterocycles. The van der Waals surface area contributed by atoms with Crippen LogP contribution in [0.2, 0.25) is 98.2 Å². The largest absolute Gasteiger partial charge is 0.390 e. The summed E-state index contributed by atoms with van der Waals surface area (Å²) in [5.74, 6) is 0. The monoisotopic (exact) mass is 618 g/mol. The van der Waals surface area contributed by atoms with E-state index in [2.05, 4.69) is 0 Å². The van der Waals surface area contributed by atoms with Crippen molar-refractivity contribution in [3.05, 3.63) is 24.3 Å². The minimum absolute atomic E-state index is 1.58. The highest BCUT2D eigenvalue weighted by molar-refractivity contribution is 7.76. The summed E-state index contributed by atoms with van der Waals surface area (Å²) in [6.07, 6.45) is 6.89. The van der Waals surface area contributed by atoms with Gasteiger partial charge >= 0.3 is 15.2 Å². The number of allylic oxidation sites excluding steroid dienone is 3. The number of rotatable bonds is 14. The van der Waals surface area contributed by atoms with Crippen LogP contribution in [-0.2, 0) is 30.4 Å². The molecule has 0 aromatic heterocycles. The zero-order valence-electron chi connectivity index (χ0n) is 25.1. The van der Waals surface area contributed by atoms with Crippen LogP contribution in [0.15, 0.2) is 24.3 Å². The Hall–Kier alpha value is 0.824. The third-order valence-electron chi connectivity index (χ3n) is 3.43. The Morgan fingerprint density at radius 3 is 1.00 bits per heavy atom. The minimum atomic E-state index is -4.29. The van der Waals surface area contributed by atoms with Crippen molar-refractivity contribution in [2.75, 3.05) is 0 Å². The zero-order chi connectivity index (χ0) is 28.4. The van der Waals surface area contributed by atoms with Crippen molar-refractivity contribution in [3.63, 3.8) is 0 Å². The molecule has 14 heteroatoms. The fourth-order valence-corrected chi connectivity index (χ4v) is 24.3. The Balaban J connectivity index is 8.00. The van der Waals surface area contributed by atoms with Crippen molar-refractivity contribution in [1.29, 1.82) is 0 Å². The van der Waals surface area contributed by atoms with Gasteiger partial charge in [0.05, 0.1) is 0 Å². The fourth-order valence-electron chi connectivity index (χ4n) is 2.96. The average Bonchev–Trinajstić information content (AvgIpc) is 2.44. The first-order valence-corrected chi connectivity index (χ1v) is 32.3. The van der Waals surface area contributed by atoms with Gasteiger partial charge in [0, 0.05) is 0 Å². The lowest BCUT2D eigenvalue weighted by atomic mass is 10.4. The van der Waals surface area contributed by atoms with E-state index < -0.39 is 61.9 Å². The summed E-state index contributed by atoms with van der Waals surface area (Å²) in [7, 11) is -21.2. The van der Waals surface area contributed by atoms with Crippen molar-refractivity contribution < 1.29 is 30.4 Å².